The van der Waals surface area contributed by atoms with Gasteiger partial charge < -0.3 is 5.11 Å². The van der Waals surface area contributed by atoms with Crippen LogP contribution in [0.15, 0.2) is 22.0 Å². The van der Waals surface area contributed by atoms with E-state index in [1.54, 1.807) is 0 Å². The van der Waals surface area contributed by atoms with Crippen LogP contribution in [-0.4, -0.2) is 33.2 Å². The summed E-state index contributed by atoms with van der Waals surface area (Å²) in [5.74, 6) is 0.304. The first kappa shape index (κ1) is 21.9. The normalized spacial score (nSPS) is 24.8. The lowest BCUT2D eigenvalue weighted by Crippen LogP contribution is -2.41. The van der Waals surface area contributed by atoms with Gasteiger partial charge in [0.15, 0.2) is 5.17 Å². The van der Waals surface area contributed by atoms with Crippen molar-refractivity contribution in [3.05, 3.63) is 29.7 Å². The smallest absolute Gasteiger partial charge is 0.267 e. The van der Waals surface area contributed by atoms with Gasteiger partial charge in [-0.25, -0.2) is 0 Å². The molecule has 0 spiro atoms. The van der Waals surface area contributed by atoms with Gasteiger partial charge in [-0.15, -0.1) is 0 Å². The number of rotatable bonds is 3. The molecule has 4 nitrogen and oxygen atoms in total. The Morgan fingerprint density at radius 1 is 1.03 bits per heavy atom. The molecule has 2 saturated carbocycles. The second kappa shape index (κ2) is 9.89. The molecule has 1 aromatic carbocycles. The van der Waals surface area contributed by atoms with Crippen LogP contribution >= 0.6 is 56.9 Å². The van der Waals surface area contributed by atoms with E-state index in [1.165, 1.54) is 50.3 Å². The number of benzene rings is 1. The van der Waals surface area contributed by atoms with Crippen LogP contribution in [0.2, 0.25) is 0 Å². The largest absolute Gasteiger partial charge is 0.506 e. The van der Waals surface area contributed by atoms with Crippen LogP contribution in [-0.2, 0) is 4.79 Å². The molecule has 0 bridgehead atoms. The van der Waals surface area contributed by atoms with Crippen molar-refractivity contribution in [2.45, 2.75) is 76.3 Å². The number of carbonyl (C=O) groups is 1. The zero-order valence-electron chi connectivity index (χ0n) is 16.4. The van der Waals surface area contributed by atoms with Gasteiger partial charge in [0.05, 0.1) is 14.5 Å². The highest BCUT2D eigenvalue weighted by Crippen LogP contribution is 2.40. The van der Waals surface area contributed by atoms with Crippen LogP contribution in [0.3, 0.4) is 0 Å². The lowest BCUT2D eigenvalue weighted by molar-refractivity contribution is -0.124. The minimum atomic E-state index is 0.0599. The van der Waals surface area contributed by atoms with Crippen molar-refractivity contribution in [1.82, 2.24) is 4.90 Å². The molecule has 7 heteroatoms. The maximum absolute atomic E-state index is 13.4. The fourth-order valence-corrected chi connectivity index (χ4v) is 7.43. The van der Waals surface area contributed by atoms with Gasteiger partial charge in [0.25, 0.3) is 5.91 Å². The molecule has 2 aliphatic carbocycles. The molecule has 1 aromatic rings. The highest BCUT2D eigenvalue weighted by molar-refractivity contribution is 14.1. The Morgan fingerprint density at radius 3 is 2.38 bits per heavy atom. The lowest BCUT2D eigenvalue weighted by atomic mass is 9.94. The summed E-state index contributed by atoms with van der Waals surface area (Å²) in [5, 5.41) is 11.4. The van der Waals surface area contributed by atoms with Crippen LogP contribution in [0.25, 0.3) is 6.08 Å². The van der Waals surface area contributed by atoms with Gasteiger partial charge in [-0.1, -0.05) is 38.5 Å². The molecule has 0 unspecified atom stereocenters. The van der Waals surface area contributed by atoms with Crippen molar-refractivity contribution in [3.8, 4) is 5.75 Å². The van der Waals surface area contributed by atoms with Crippen molar-refractivity contribution in [1.29, 1.82) is 0 Å². The second-order valence-electron chi connectivity index (χ2n) is 8.11. The first-order valence-electron chi connectivity index (χ1n) is 10.5. The summed E-state index contributed by atoms with van der Waals surface area (Å²) in [6.45, 7) is 0. The first-order chi connectivity index (χ1) is 14.0. The Labute approximate surface area is 204 Å². The molecular formula is C22H26I2N2O2S. The molecule has 1 aliphatic heterocycles. The van der Waals surface area contributed by atoms with E-state index in [0.29, 0.717) is 16.5 Å². The number of aromatic hydroxyl groups is 1. The van der Waals surface area contributed by atoms with Gasteiger partial charge in [0.2, 0.25) is 0 Å². The second-order valence-corrected chi connectivity index (χ2v) is 11.5. The number of carbonyl (C=O) groups excluding carboxylic acids is 1. The Hall–Kier alpha value is -0.290. The Bertz CT molecular complexity index is 843. The maximum atomic E-state index is 13.4. The zero-order valence-corrected chi connectivity index (χ0v) is 21.5. The number of halogens is 2. The van der Waals surface area contributed by atoms with Crippen molar-refractivity contribution in [2.75, 3.05) is 0 Å². The predicted molar refractivity (Wildman–Crippen MR) is 137 cm³/mol. The molecule has 3 fully saturated rings. The Balaban J connectivity index is 1.67. The lowest BCUT2D eigenvalue weighted by Gasteiger charge is -2.31. The van der Waals surface area contributed by atoms with E-state index >= 15 is 0 Å². The summed E-state index contributed by atoms with van der Waals surface area (Å²) in [7, 11) is 0. The molecule has 0 radical (unpaired) electrons. The third kappa shape index (κ3) is 5.14. The number of hydrogen-bond donors (Lipinski definition) is 1. The summed E-state index contributed by atoms with van der Waals surface area (Å²) in [5.41, 5.74) is 0.708. The molecule has 4 rings (SSSR count). The van der Waals surface area contributed by atoms with Gasteiger partial charge in [0, 0.05) is 15.2 Å². The average Bonchev–Trinajstić information content (AvgIpc) is 3.02. The molecule has 29 heavy (non-hydrogen) atoms. The van der Waals surface area contributed by atoms with Gasteiger partial charge in [-0.2, -0.15) is 0 Å². The average molecular weight is 636 g/mol. The third-order valence-corrected chi connectivity index (χ3v) is 8.43. The van der Waals surface area contributed by atoms with Crippen LogP contribution in [0, 0.1) is 7.14 Å². The van der Waals surface area contributed by atoms with Crippen LogP contribution < -0.4 is 0 Å². The number of hydrogen-bond acceptors (Lipinski definition) is 4. The Morgan fingerprint density at radius 2 is 1.69 bits per heavy atom. The van der Waals surface area contributed by atoms with E-state index < -0.39 is 0 Å². The summed E-state index contributed by atoms with van der Waals surface area (Å²) >= 11 is 5.89. The molecule has 3 aliphatic rings. The molecule has 0 aromatic heterocycles. The predicted octanol–water partition coefficient (Wildman–Crippen LogP) is 6.54. The Kier molecular flexibility index (Phi) is 7.48. The van der Waals surface area contributed by atoms with Gasteiger partial charge >= 0.3 is 0 Å². The number of amidine groups is 1. The molecule has 156 valence electrons. The minimum absolute atomic E-state index is 0.0599. The number of nitrogens with zero attached hydrogens (tertiary/aromatic N) is 2. The fourth-order valence-electron chi connectivity index (χ4n) is 4.44. The van der Waals surface area contributed by atoms with Crippen molar-refractivity contribution >= 4 is 74.1 Å². The fraction of sp³-hybridized carbons (Fsp3) is 0.545. The van der Waals surface area contributed by atoms with Crippen LogP contribution in [0.5, 0.6) is 5.75 Å². The van der Waals surface area contributed by atoms with Gasteiger partial charge in [-0.05, 0) is 101 Å². The monoisotopic (exact) mass is 636 g/mol. The molecular weight excluding hydrogens is 610 g/mol. The quantitative estimate of drug-likeness (QED) is 0.303. The molecule has 1 saturated heterocycles. The first-order valence-corrected chi connectivity index (χ1v) is 13.5. The summed E-state index contributed by atoms with van der Waals surface area (Å²) in [6.07, 6.45) is 13.7. The van der Waals surface area contributed by atoms with Crippen molar-refractivity contribution in [2.24, 2.45) is 4.99 Å². The molecule has 1 N–H and O–H groups in total. The van der Waals surface area contributed by atoms with Crippen LogP contribution in [0.1, 0.15) is 69.8 Å². The number of phenolic OH excluding ortho intramolecular Hbond substituents is 1. The van der Waals surface area contributed by atoms with E-state index in [9.17, 15) is 9.90 Å². The summed E-state index contributed by atoms with van der Waals surface area (Å²) in [6, 6.07) is 4.48. The number of aliphatic imine (C=N–C) groups is 1. The number of thioether (sulfide) groups is 1. The standard InChI is InChI=1S/C22H26I2N2O2S/c23-15-11-14(20(27)18(24)13-15)12-19-21(28)26(17-9-5-2-6-10-17)22(29-19)25-16-7-3-1-4-8-16/h11-13,16-17,27H,1-10H2. The molecule has 1 amide bonds. The number of phenols is 1. The zero-order chi connectivity index (χ0) is 20.4. The minimum Gasteiger partial charge on any atom is -0.506 e. The van der Waals surface area contributed by atoms with Crippen molar-refractivity contribution in [3.63, 3.8) is 0 Å². The summed E-state index contributed by atoms with van der Waals surface area (Å²) in [4.78, 5) is 21.1. The topological polar surface area (TPSA) is 52.9 Å². The van der Waals surface area contributed by atoms with E-state index in [-0.39, 0.29) is 17.7 Å². The SMILES string of the molecule is O=C1C(=Cc2cc(I)cc(I)c2O)SC(=NC2CCCCC2)N1C1CCCCC1. The highest BCUT2D eigenvalue weighted by atomic mass is 127. The van der Waals surface area contributed by atoms with Crippen molar-refractivity contribution < 1.29 is 9.90 Å². The number of amides is 1. The van der Waals surface area contributed by atoms with E-state index in [4.69, 9.17) is 4.99 Å². The molecule has 1 heterocycles. The highest BCUT2D eigenvalue weighted by Gasteiger charge is 2.39. The molecule has 0 atom stereocenters. The van der Waals surface area contributed by atoms with Gasteiger partial charge in [0.1, 0.15) is 5.75 Å². The van der Waals surface area contributed by atoms with Crippen LogP contribution in [0.4, 0.5) is 0 Å². The van der Waals surface area contributed by atoms with E-state index in [2.05, 4.69) is 45.2 Å². The third-order valence-electron chi connectivity index (χ3n) is 5.99. The maximum Gasteiger partial charge on any atom is 0.267 e. The van der Waals surface area contributed by atoms with Gasteiger partial charge in [-0.3, -0.25) is 14.7 Å². The summed E-state index contributed by atoms with van der Waals surface area (Å²) < 4.78 is 1.85. The van der Waals surface area contributed by atoms with E-state index in [1.807, 2.05) is 23.1 Å². The van der Waals surface area contributed by atoms with E-state index in [0.717, 1.165) is 38.0 Å².